The summed E-state index contributed by atoms with van der Waals surface area (Å²) in [4.78, 5) is 17.0. The van der Waals surface area contributed by atoms with Crippen molar-refractivity contribution in [1.29, 1.82) is 0 Å². The van der Waals surface area contributed by atoms with E-state index in [4.69, 9.17) is 0 Å². The van der Waals surface area contributed by atoms with Gasteiger partial charge in [-0.15, -0.1) is 11.3 Å². The summed E-state index contributed by atoms with van der Waals surface area (Å²) in [5.74, 6) is -0.986. The van der Waals surface area contributed by atoms with E-state index in [0.29, 0.717) is 22.6 Å². The zero-order valence-electron chi connectivity index (χ0n) is 13.5. The minimum absolute atomic E-state index is 0.0659. The van der Waals surface area contributed by atoms with Crippen LogP contribution in [0.15, 0.2) is 29.6 Å². The number of para-hydroxylation sites is 1. The van der Waals surface area contributed by atoms with E-state index < -0.39 is 29.1 Å². The predicted octanol–water partition coefficient (Wildman–Crippen LogP) is 2.96. The number of rotatable bonds is 5. The van der Waals surface area contributed by atoms with Crippen LogP contribution < -0.4 is 0 Å². The van der Waals surface area contributed by atoms with Gasteiger partial charge in [0.1, 0.15) is 10.8 Å². The molecule has 1 unspecified atom stereocenters. The molecule has 1 atom stereocenters. The summed E-state index contributed by atoms with van der Waals surface area (Å²) >= 11 is 0.652. The molecular weight excluding hydrogens is 357 g/mol. The second-order valence-corrected chi connectivity index (χ2v) is 6.57. The van der Waals surface area contributed by atoms with E-state index in [1.54, 1.807) is 18.2 Å². The van der Waals surface area contributed by atoms with Crippen molar-refractivity contribution in [3.63, 3.8) is 0 Å². The largest absolute Gasteiger partial charge is 0.508 e. The fourth-order valence-corrected chi connectivity index (χ4v) is 3.10. The zero-order chi connectivity index (χ0) is 18.8. The highest BCUT2D eigenvalue weighted by Crippen LogP contribution is 2.43. The van der Waals surface area contributed by atoms with E-state index >= 15 is 0 Å². The maximum atomic E-state index is 13.4. The number of phenols is 1. The van der Waals surface area contributed by atoms with Gasteiger partial charge in [-0.3, -0.25) is 4.79 Å². The van der Waals surface area contributed by atoms with Crippen LogP contribution in [0.5, 0.6) is 5.75 Å². The van der Waals surface area contributed by atoms with Crippen molar-refractivity contribution in [2.75, 3.05) is 7.05 Å². The van der Waals surface area contributed by atoms with Crippen LogP contribution in [0.2, 0.25) is 0 Å². The van der Waals surface area contributed by atoms with Gasteiger partial charge in [-0.25, -0.2) is 4.98 Å². The number of carbonyl (C=O) groups is 1. The first-order valence-corrected chi connectivity index (χ1v) is 8.15. The first-order valence-electron chi connectivity index (χ1n) is 7.27. The molecule has 9 heteroatoms. The number of aliphatic hydroxyl groups is 1. The van der Waals surface area contributed by atoms with Gasteiger partial charge < -0.3 is 15.1 Å². The molecule has 5 nitrogen and oxygen atoms in total. The number of aromatic nitrogens is 1. The number of hydrogen-bond donors (Lipinski definition) is 2. The molecule has 25 heavy (non-hydrogen) atoms. The summed E-state index contributed by atoms with van der Waals surface area (Å²) in [7, 11) is 1.30. The van der Waals surface area contributed by atoms with E-state index in [1.165, 1.54) is 25.4 Å². The van der Waals surface area contributed by atoms with Gasteiger partial charge in [0, 0.05) is 30.2 Å². The van der Waals surface area contributed by atoms with Crippen LogP contribution >= 0.6 is 11.3 Å². The fourth-order valence-electron chi connectivity index (χ4n) is 2.18. The maximum absolute atomic E-state index is 13.4. The molecule has 136 valence electrons. The standard InChI is InChI=1S/C16H17F3N2O3S/c1-10-9-25-14(20-10)15(24,16(17,18)19)7-13(23)21(2)8-11-5-3-4-6-12(11)22/h3-6,9,22,24H,7-8H2,1-2H3. The van der Waals surface area contributed by atoms with E-state index in [0.717, 1.165) is 4.90 Å². The van der Waals surface area contributed by atoms with E-state index in [-0.39, 0.29) is 12.3 Å². The molecule has 1 aromatic carbocycles. The SMILES string of the molecule is Cc1csc(C(O)(CC(=O)N(C)Cc2ccccc2O)C(F)(F)F)n1. The van der Waals surface area contributed by atoms with Crippen LogP contribution in [0.4, 0.5) is 13.2 Å². The van der Waals surface area contributed by atoms with Gasteiger partial charge in [-0.2, -0.15) is 13.2 Å². The first-order chi connectivity index (χ1) is 11.5. The van der Waals surface area contributed by atoms with Crippen molar-refractivity contribution in [1.82, 2.24) is 9.88 Å². The zero-order valence-corrected chi connectivity index (χ0v) is 14.4. The smallest absolute Gasteiger partial charge is 0.424 e. The van der Waals surface area contributed by atoms with Crippen molar-refractivity contribution in [2.45, 2.75) is 31.7 Å². The van der Waals surface area contributed by atoms with Gasteiger partial charge in [0.25, 0.3) is 0 Å². The topological polar surface area (TPSA) is 73.7 Å². The molecule has 0 aliphatic rings. The number of alkyl halides is 3. The van der Waals surface area contributed by atoms with Gasteiger partial charge in [0.05, 0.1) is 6.42 Å². The Morgan fingerprint density at radius 2 is 1.96 bits per heavy atom. The number of aryl methyl sites for hydroxylation is 1. The van der Waals surface area contributed by atoms with Crippen molar-refractivity contribution in [2.24, 2.45) is 0 Å². The molecule has 1 amide bonds. The van der Waals surface area contributed by atoms with Crippen LogP contribution in [0.3, 0.4) is 0 Å². The Balaban J connectivity index is 2.21. The van der Waals surface area contributed by atoms with E-state index in [2.05, 4.69) is 4.98 Å². The Hall–Kier alpha value is -2.13. The Labute approximate surface area is 146 Å². The fraction of sp³-hybridized carbons (Fsp3) is 0.375. The summed E-state index contributed by atoms with van der Waals surface area (Å²) in [5.41, 5.74) is -2.63. The average molecular weight is 374 g/mol. The molecule has 0 spiro atoms. The van der Waals surface area contributed by atoms with Crippen molar-refractivity contribution in [3.8, 4) is 5.75 Å². The van der Waals surface area contributed by atoms with Crippen LogP contribution in [-0.4, -0.2) is 39.2 Å². The Morgan fingerprint density at radius 3 is 2.48 bits per heavy atom. The highest BCUT2D eigenvalue weighted by atomic mass is 32.1. The lowest BCUT2D eigenvalue weighted by atomic mass is 9.98. The molecule has 2 rings (SSSR count). The number of thiazole rings is 1. The number of halogens is 3. The third-order valence-corrected chi connectivity index (χ3v) is 4.78. The molecule has 0 saturated carbocycles. The van der Waals surface area contributed by atoms with Gasteiger partial charge in [0.15, 0.2) is 0 Å². The molecule has 0 bridgehead atoms. The number of amides is 1. The molecule has 0 aliphatic heterocycles. The number of hydrogen-bond acceptors (Lipinski definition) is 5. The Kier molecular flexibility index (Phi) is 5.38. The molecule has 1 heterocycles. The quantitative estimate of drug-likeness (QED) is 0.844. The predicted molar refractivity (Wildman–Crippen MR) is 86.0 cm³/mol. The minimum Gasteiger partial charge on any atom is -0.508 e. The first kappa shape index (κ1) is 19.2. The van der Waals surface area contributed by atoms with Crippen LogP contribution in [-0.2, 0) is 16.9 Å². The number of nitrogens with zero attached hydrogens (tertiary/aromatic N) is 2. The monoisotopic (exact) mass is 374 g/mol. The number of carbonyl (C=O) groups excluding carboxylic acids is 1. The molecule has 0 fully saturated rings. The third-order valence-electron chi connectivity index (χ3n) is 3.67. The van der Waals surface area contributed by atoms with Crippen molar-refractivity contribution in [3.05, 3.63) is 45.9 Å². The highest BCUT2D eigenvalue weighted by Gasteiger charge is 2.58. The molecule has 2 N–H and O–H groups in total. The van der Waals surface area contributed by atoms with Crippen molar-refractivity contribution >= 4 is 17.2 Å². The summed E-state index contributed by atoms with van der Waals surface area (Å²) in [5, 5.41) is 20.7. The molecule has 1 aromatic heterocycles. The number of benzene rings is 1. The van der Waals surface area contributed by atoms with E-state index in [9.17, 15) is 28.2 Å². The maximum Gasteiger partial charge on any atom is 0.424 e. The van der Waals surface area contributed by atoms with Gasteiger partial charge in [-0.1, -0.05) is 18.2 Å². The van der Waals surface area contributed by atoms with E-state index in [1.807, 2.05) is 0 Å². The lowest BCUT2D eigenvalue weighted by molar-refractivity contribution is -0.268. The highest BCUT2D eigenvalue weighted by molar-refractivity contribution is 7.09. The van der Waals surface area contributed by atoms with Crippen molar-refractivity contribution < 1.29 is 28.2 Å². The van der Waals surface area contributed by atoms with Crippen LogP contribution in [0.1, 0.15) is 22.7 Å². The molecule has 0 aliphatic carbocycles. The third kappa shape index (κ3) is 4.10. The molecular formula is C16H17F3N2O3S. The second kappa shape index (κ2) is 7.01. The molecule has 2 aromatic rings. The lowest BCUT2D eigenvalue weighted by Crippen LogP contribution is -2.46. The second-order valence-electron chi connectivity index (χ2n) is 5.71. The summed E-state index contributed by atoms with van der Waals surface area (Å²) in [6.45, 7) is 1.42. The summed E-state index contributed by atoms with van der Waals surface area (Å²) in [6, 6.07) is 6.20. The van der Waals surface area contributed by atoms with Gasteiger partial charge in [0.2, 0.25) is 11.5 Å². The van der Waals surface area contributed by atoms with Gasteiger partial charge in [-0.05, 0) is 13.0 Å². The van der Waals surface area contributed by atoms with Gasteiger partial charge >= 0.3 is 6.18 Å². The number of aromatic hydroxyl groups is 1. The Morgan fingerprint density at radius 1 is 1.32 bits per heavy atom. The molecule has 0 radical (unpaired) electrons. The molecule has 0 saturated heterocycles. The summed E-state index contributed by atoms with van der Waals surface area (Å²) < 4.78 is 40.3. The number of phenolic OH excluding ortho intramolecular Hbond substituents is 1. The Bertz CT molecular complexity index is 763. The van der Waals surface area contributed by atoms with Crippen LogP contribution in [0.25, 0.3) is 0 Å². The summed E-state index contributed by atoms with van der Waals surface area (Å²) in [6.07, 6.45) is -6.24. The average Bonchev–Trinajstić information content (AvgIpc) is 2.95. The lowest BCUT2D eigenvalue weighted by Gasteiger charge is -2.30. The normalized spacial score (nSPS) is 14.2. The minimum atomic E-state index is -5.05. The van der Waals surface area contributed by atoms with Crippen LogP contribution in [0, 0.1) is 6.92 Å².